The number of para-hydroxylation sites is 1. The first-order chi connectivity index (χ1) is 10.1. The van der Waals surface area contributed by atoms with Crippen molar-refractivity contribution in [2.45, 2.75) is 25.8 Å². The molecule has 2 aromatic carbocycles. The number of rotatable bonds is 2. The van der Waals surface area contributed by atoms with Gasteiger partial charge in [-0.2, -0.15) is 0 Å². The zero-order valence-electron chi connectivity index (χ0n) is 11.8. The molecule has 1 heterocycles. The van der Waals surface area contributed by atoms with E-state index in [1.807, 2.05) is 37.3 Å². The molecule has 2 aromatic rings. The molecule has 1 atom stereocenters. The minimum atomic E-state index is -0.362. The van der Waals surface area contributed by atoms with Crippen molar-refractivity contribution in [1.29, 1.82) is 0 Å². The molecule has 1 aliphatic heterocycles. The van der Waals surface area contributed by atoms with Gasteiger partial charge < -0.3 is 10.6 Å². The fourth-order valence-electron chi connectivity index (χ4n) is 2.67. The zero-order valence-corrected chi connectivity index (χ0v) is 11.8. The summed E-state index contributed by atoms with van der Waals surface area (Å²) in [5.41, 5.74) is 3.46. The Hall–Kier alpha value is -2.36. The van der Waals surface area contributed by atoms with Gasteiger partial charge in [-0.15, -0.1) is 0 Å². The highest BCUT2D eigenvalue weighted by atomic mass is 19.1. The summed E-state index contributed by atoms with van der Waals surface area (Å²) in [4.78, 5) is 12.3. The predicted molar refractivity (Wildman–Crippen MR) is 81.9 cm³/mol. The summed E-state index contributed by atoms with van der Waals surface area (Å²) >= 11 is 0. The highest BCUT2D eigenvalue weighted by Gasteiger charge is 2.23. The van der Waals surface area contributed by atoms with Gasteiger partial charge in [-0.25, -0.2) is 4.39 Å². The Morgan fingerprint density at radius 1 is 1.24 bits per heavy atom. The molecule has 3 nitrogen and oxygen atoms in total. The maximum absolute atomic E-state index is 13.4. The number of amides is 1. The third kappa shape index (κ3) is 3.05. The standard InChI is InChI=1S/C17H17FN2O/c1-11-8-13(18)10-14(9-11)19-16-7-6-12-4-2-3-5-15(12)20-17(16)21/h2-5,8-10,16,19H,6-7H2,1H3,(H,20,21). The molecule has 0 spiro atoms. The molecule has 0 radical (unpaired) electrons. The van der Waals surface area contributed by atoms with Crippen molar-refractivity contribution in [2.24, 2.45) is 0 Å². The number of hydrogen-bond donors (Lipinski definition) is 2. The Morgan fingerprint density at radius 2 is 2.05 bits per heavy atom. The number of carbonyl (C=O) groups is 1. The van der Waals surface area contributed by atoms with Gasteiger partial charge in [0.1, 0.15) is 11.9 Å². The third-order valence-corrected chi connectivity index (χ3v) is 3.68. The molecule has 1 amide bonds. The Kier molecular flexibility index (Phi) is 3.60. The number of halogens is 1. The Bertz CT molecular complexity index is 664. The summed E-state index contributed by atoms with van der Waals surface area (Å²) in [5.74, 6) is -0.378. The summed E-state index contributed by atoms with van der Waals surface area (Å²) < 4.78 is 13.4. The number of anilines is 2. The van der Waals surface area contributed by atoms with E-state index in [1.165, 1.54) is 12.1 Å². The molecule has 0 fully saturated rings. The summed E-state index contributed by atoms with van der Waals surface area (Å²) in [6, 6.07) is 12.2. The van der Waals surface area contributed by atoms with Gasteiger partial charge in [0.15, 0.2) is 0 Å². The lowest BCUT2D eigenvalue weighted by atomic mass is 10.1. The second-order valence-corrected chi connectivity index (χ2v) is 5.40. The molecule has 1 aliphatic rings. The van der Waals surface area contributed by atoms with E-state index in [0.29, 0.717) is 12.1 Å². The molecular weight excluding hydrogens is 267 g/mol. The maximum Gasteiger partial charge on any atom is 0.246 e. The lowest BCUT2D eigenvalue weighted by Gasteiger charge is -2.17. The Morgan fingerprint density at radius 3 is 2.86 bits per heavy atom. The van der Waals surface area contributed by atoms with Crippen LogP contribution in [0.15, 0.2) is 42.5 Å². The van der Waals surface area contributed by atoms with Crippen molar-refractivity contribution >= 4 is 17.3 Å². The van der Waals surface area contributed by atoms with Crippen LogP contribution in [0.3, 0.4) is 0 Å². The number of nitrogens with one attached hydrogen (secondary N) is 2. The van der Waals surface area contributed by atoms with Crippen LogP contribution in [0.2, 0.25) is 0 Å². The van der Waals surface area contributed by atoms with Crippen LogP contribution < -0.4 is 10.6 Å². The topological polar surface area (TPSA) is 41.1 Å². The molecule has 0 aromatic heterocycles. The van der Waals surface area contributed by atoms with Crippen molar-refractivity contribution in [3.8, 4) is 0 Å². The van der Waals surface area contributed by atoms with E-state index >= 15 is 0 Å². The van der Waals surface area contributed by atoms with Gasteiger partial charge in [-0.1, -0.05) is 18.2 Å². The van der Waals surface area contributed by atoms with Crippen LogP contribution in [0.4, 0.5) is 15.8 Å². The van der Waals surface area contributed by atoms with Crippen LogP contribution in [0, 0.1) is 12.7 Å². The molecule has 0 bridgehead atoms. The van der Waals surface area contributed by atoms with Gasteiger partial charge in [0.25, 0.3) is 0 Å². The van der Waals surface area contributed by atoms with Crippen LogP contribution in [-0.2, 0) is 11.2 Å². The van der Waals surface area contributed by atoms with E-state index in [9.17, 15) is 9.18 Å². The van der Waals surface area contributed by atoms with Crippen LogP contribution in [0.5, 0.6) is 0 Å². The van der Waals surface area contributed by atoms with E-state index in [2.05, 4.69) is 10.6 Å². The first-order valence-electron chi connectivity index (χ1n) is 7.04. The lowest BCUT2D eigenvalue weighted by Crippen LogP contribution is -2.33. The summed E-state index contributed by atoms with van der Waals surface area (Å²) in [5, 5.41) is 6.06. The largest absolute Gasteiger partial charge is 0.374 e. The van der Waals surface area contributed by atoms with Gasteiger partial charge in [0, 0.05) is 11.4 Å². The number of carbonyl (C=O) groups excluding carboxylic acids is 1. The van der Waals surface area contributed by atoms with Crippen LogP contribution >= 0.6 is 0 Å². The monoisotopic (exact) mass is 284 g/mol. The van der Waals surface area contributed by atoms with Crippen molar-refractivity contribution in [3.05, 3.63) is 59.4 Å². The second-order valence-electron chi connectivity index (χ2n) is 5.40. The molecule has 4 heteroatoms. The van der Waals surface area contributed by atoms with Gasteiger partial charge in [0.05, 0.1) is 0 Å². The Balaban J connectivity index is 1.79. The molecule has 21 heavy (non-hydrogen) atoms. The molecule has 0 saturated heterocycles. The minimum Gasteiger partial charge on any atom is -0.374 e. The van der Waals surface area contributed by atoms with E-state index in [0.717, 1.165) is 23.2 Å². The van der Waals surface area contributed by atoms with E-state index in [1.54, 1.807) is 0 Å². The Labute approximate surface area is 123 Å². The maximum atomic E-state index is 13.4. The zero-order chi connectivity index (χ0) is 14.8. The lowest BCUT2D eigenvalue weighted by molar-refractivity contribution is -0.116. The minimum absolute atomic E-state index is 0.0816. The highest BCUT2D eigenvalue weighted by Crippen LogP contribution is 2.23. The average molecular weight is 284 g/mol. The van der Waals surface area contributed by atoms with E-state index < -0.39 is 0 Å². The SMILES string of the molecule is Cc1cc(F)cc(NC2CCc3ccccc3NC2=O)c1. The van der Waals surface area contributed by atoms with Gasteiger partial charge in [0.2, 0.25) is 5.91 Å². The van der Waals surface area contributed by atoms with Gasteiger partial charge in [-0.05, 0) is 55.2 Å². The smallest absolute Gasteiger partial charge is 0.246 e. The van der Waals surface area contributed by atoms with Crippen molar-refractivity contribution in [1.82, 2.24) is 0 Å². The average Bonchev–Trinajstić information content (AvgIpc) is 2.58. The first kappa shape index (κ1) is 13.6. The van der Waals surface area contributed by atoms with Crippen LogP contribution in [-0.4, -0.2) is 11.9 Å². The third-order valence-electron chi connectivity index (χ3n) is 3.68. The first-order valence-corrected chi connectivity index (χ1v) is 7.04. The molecule has 1 unspecified atom stereocenters. The van der Waals surface area contributed by atoms with Crippen molar-refractivity contribution in [2.75, 3.05) is 10.6 Å². The van der Waals surface area contributed by atoms with Gasteiger partial charge in [-0.3, -0.25) is 4.79 Å². The quantitative estimate of drug-likeness (QED) is 0.886. The van der Waals surface area contributed by atoms with Gasteiger partial charge >= 0.3 is 0 Å². The normalized spacial score (nSPS) is 17.6. The molecule has 3 rings (SSSR count). The number of benzene rings is 2. The second kappa shape index (κ2) is 5.56. The molecule has 0 saturated carbocycles. The summed E-state index contributed by atoms with van der Waals surface area (Å²) in [6.45, 7) is 1.83. The predicted octanol–water partition coefficient (Wildman–Crippen LogP) is 3.50. The number of fused-ring (bicyclic) bond motifs is 1. The fraction of sp³-hybridized carbons (Fsp3) is 0.235. The fourth-order valence-corrected chi connectivity index (χ4v) is 2.67. The van der Waals surface area contributed by atoms with Crippen LogP contribution in [0.1, 0.15) is 17.5 Å². The van der Waals surface area contributed by atoms with Crippen molar-refractivity contribution < 1.29 is 9.18 Å². The van der Waals surface area contributed by atoms with Crippen LogP contribution in [0.25, 0.3) is 0 Å². The van der Waals surface area contributed by atoms with E-state index in [-0.39, 0.29) is 17.8 Å². The summed E-state index contributed by atoms with van der Waals surface area (Å²) in [7, 11) is 0. The van der Waals surface area contributed by atoms with Crippen molar-refractivity contribution in [3.63, 3.8) is 0 Å². The highest BCUT2D eigenvalue weighted by molar-refractivity contribution is 5.97. The van der Waals surface area contributed by atoms with E-state index in [4.69, 9.17) is 0 Å². The summed E-state index contributed by atoms with van der Waals surface area (Å²) in [6.07, 6.45) is 1.49. The molecule has 0 aliphatic carbocycles. The molecule has 2 N–H and O–H groups in total. The number of hydrogen-bond acceptors (Lipinski definition) is 2. The number of aryl methyl sites for hydroxylation is 2. The molecular formula is C17H17FN2O. The molecule has 108 valence electrons.